The lowest BCUT2D eigenvalue weighted by Crippen LogP contribution is -2.50. The van der Waals surface area contributed by atoms with Gasteiger partial charge in [0.05, 0.1) is 11.3 Å². The normalized spacial score (nSPS) is 12.7. The molecule has 0 heterocycles. The van der Waals surface area contributed by atoms with Gasteiger partial charge in [-0.25, -0.2) is 0 Å². The van der Waals surface area contributed by atoms with Crippen molar-refractivity contribution < 1.29 is 22.8 Å². The first-order valence-electron chi connectivity index (χ1n) is 6.62. The highest BCUT2D eigenvalue weighted by Crippen LogP contribution is 2.34. The van der Waals surface area contributed by atoms with E-state index in [-0.39, 0.29) is 11.6 Å². The number of hydrazine groups is 1. The van der Waals surface area contributed by atoms with Crippen LogP contribution >= 0.6 is 0 Å². The van der Waals surface area contributed by atoms with E-state index in [1.165, 1.54) is 25.1 Å². The fraction of sp³-hybridized carbons (Fsp3) is 0.429. The van der Waals surface area contributed by atoms with Crippen molar-refractivity contribution in [1.82, 2.24) is 10.7 Å². The molecule has 122 valence electrons. The maximum atomic E-state index is 12.8. The van der Waals surface area contributed by atoms with Crippen LogP contribution < -0.4 is 16.2 Å². The molecule has 1 atom stereocenters. The summed E-state index contributed by atoms with van der Waals surface area (Å²) >= 11 is 0. The van der Waals surface area contributed by atoms with Crippen LogP contribution in [0.3, 0.4) is 0 Å². The second-order valence-electron chi connectivity index (χ2n) is 5.08. The maximum Gasteiger partial charge on any atom is 0.418 e. The van der Waals surface area contributed by atoms with E-state index in [1.807, 2.05) is 0 Å². The number of rotatable bonds is 5. The van der Waals surface area contributed by atoms with E-state index in [4.69, 9.17) is 0 Å². The molecule has 2 amide bonds. The van der Waals surface area contributed by atoms with Crippen LogP contribution in [0, 0.1) is 5.92 Å². The van der Waals surface area contributed by atoms with E-state index < -0.39 is 29.6 Å². The van der Waals surface area contributed by atoms with Crippen molar-refractivity contribution >= 4 is 17.5 Å². The molecule has 3 N–H and O–H groups in total. The van der Waals surface area contributed by atoms with Gasteiger partial charge in [0.2, 0.25) is 5.91 Å². The van der Waals surface area contributed by atoms with Gasteiger partial charge in [0, 0.05) is 6.92 Å². The molecule has 1 unspecified atom stereocenters. The molecule has 1 rings (SSSR count). The van der Waals surface area contributed by atoms with Crippen LogP contribution in [0.5, 0.6) is 0 Å². The Morgan fingerprint density at radius 3 is 2.23 bits per heavy atom. The summed E-state index contributed by atoms with van der Waals surface area (Å²) in [5.74, 6) is -1.24. The SMILES string of the molecule is CC(=O)NC(C(=O)NNc1ccccc1C(F)(F)F)C(C)C. The zero-order chi connectivity index (χ0) is 16.9. The maximum absolute atomic E-state index is 12.8. The predicted octanol–water partition coefficient (Wildman–Crippen LogP) is 2.31. The van der Waals surface area contributed by atoms with Crippen LogP contribution in [0.25, 0.3) is 0 Å². The van der Waals surface area contributed by atoms with Crippen LogP contribution in [0.4, 0.5) is 18.9 Å². The molecule has 5 nitrogen and oxygen atoms in total. The molecule has 0 spiro atoms. The molecule has 22 heavy (non-hydrogen) atoms. The third kappa shape index (κ3) is 4.94. The van der Waals surface area contributed by atoms with Crippen molar-refractivity contribution in [1.29, 1.82) is 0 Å². The number of nitrogens with one attached hydrogen (secondary N) is 3. The monoisotopic (exact) mass is 317 g/mol. The van der Waals surface area contributed by atoms with Gasteiger partial charge in [-0.1, -0.05) is 26.0 Å². The molecule has 0 aliphatic heterocycles. The Morgan fingerprint density at radius 2 is 1.73 bits per heavy atom. The van der Waals surface area contributed by atoms with Gasteiger partial charge in [0.15, 0.2) is 0 Å². The van der Waals surface area contributed by atoms with E-state index in [0.717, 1.165) is 6.07 Å². The van der Waals surface area contributed by atoms with Gasteiger partial charge in [0.25, 0.3) is 5.91 Å². The van der Waals surface area contributed by atoms with Crippen LogP contribution in [-0.2, 0) is 15.8 Å². The van der Waals surface area contributed by atoms with Crippen molar-refractivity contribution in [2.24, 2.45) is 5.92 Å². The van der Waals surface area contributed by atoms with Gasteiger partial charge in [-0.05, 0) is 18.1 Å². The second kappa shape index (κ2) is 7.15. The molecule has 0 bridgehead atoms. The van der Waals surface area contributed by atoms with Crippen molar-refractivity contribution in [3.8, 4) is 0 Å². The van der Waals surface area contributed by atoms with Gasteiger partial charge < -0.3 is 5.32 Å². The van der Waals surface area contributed by atoms with E-state index in [0.29, 0.717) is 0 Å². The number of alkyl halides is 3. The summed E-state index contributed by atoms with van der Waals surface area (Å²) in [5, 5.41) is 2.45. The van der Waals surface area contributed by atoms with Crippen molar-refractivity contribution in [3.63, 3.8) is 0 Å². The quantitative estimate of drug-likeness (QED) is 0.730. The minimum atomic E-state index is -4.54. The largest absolute Gasteiger partial charge is 0.418 e. The molecule has 1 aromatic rings. The molecule has 0 saturated heterocycles. The first-order valence-corrected chi connectivity index (χ1v) is 6.62. The molecule has 0 aromatic heterocycles. The molecule has 0 fully saturated rings. The van der Waals surface area contributed by atoms with Gasteiger partial charge in [-0.15, -0.1) is 0 Å². The van der Waals surface area contributed by atoms with Crippen LogP contribution in [0.15, 0.2) is 24.3 Å². The van der Waals surface area contributed by atoms with Crippen molar-refractivity contribution in [2.45, 2.75) is 33.0 Å². The third-order valence-electron chi connectivity index (χ3n) is 2.86. The average molecular weight is 317 g/mol. The first-order chi connectivity index (χ1) is 10.1. The first kappa shape index (κ1) is 17.8. The highest BCUT2D eigenvalue weighted by atomic mass is 19.4. The van der Waals surface area contributed by atoms with Gasteiger partial charge in [0.1, 0.15) is 6.04 Å². The Morgan fingerprint density at radius 1 is 1.14 bits per heavy atom. The summed E-state index contributed by atoms with van der Waals surface area (Å²) in [7, 11) is 0. The topological polar surface area (TPSA) is 70.2 Å². The van der Waals surface area contributed by atoms with Gasteiger partial charge >= 0.3 is 6.18 Å². The minimum Gasteiger partial charge on any atom is -0.344 e. The summed E-state index contributed by atoms with van der Waals surface area (Å²) in [5.41, 5.74) is 3.29. The van der Waals surface area contributed by atoms with E-state index in [2.05, 4.69) is 16.2 Å². The molecule has 0 saturated carbocycles. The number of halogens is 3. The molecule has 8 heteroatoms. The molecule has 0 aliphatic rings. The minimum absolute atomic E-state index is 0.219. The smallest absolute Gasteiger partial charge is 0.344 e. The second-order valence-corrected chi connectivity index (χ2v) is 5.08. The molecule has 0 radical (unpaired) electrons. The number of hydrogen-bond acceptors (Lipinski definition) is 3. The lowest BCUT2D eigenvalue weighted by atomic mass is 10.0. The number of carbonyl (C=O) groups excluding carboxylic acids is 2. The summed E-state index contributed by atoms with van der Waals surface area (Å²) in [4.78, 5) is 23.0. The van der Waals surface area contributed by atoms with Crippen LogP contribution in [0.2, 0.25) is 0 Å². The Labute approximate surface area is 126 Å². The average Bonchev–Trinajstić information content (AvgIpc) is 2.41. The Kier molecular flexibility index (Phi) is 5.78. The summed E-state index contributed by atoms with van der Waals surface area (Å²) in [6, 6.07) is 3.93. The number of hydrogen-bond donors (Lipinski definition) is 3. The lowest BCUT2D eigenvalue weighted by Gasteiger charge is -2.22. The summed E-state index contributed by atoms with van der Waals surface area (Å²) < 4.78 is 38.5. The van der Waals surface area contributed by atoms with Crippen LogP contribution in [-0.4, -0.2) is 17.9 Å². The van der Waals surface area contributed by atoms with Crippen molar-refractivity contribution in [2.75, 3.05) is 5.43 Å². The third-order valence-corrected chi connectivity index (χ3v) is 2.86. The Balaban J connectivity index is 2.81. The number of amides is 2. The Hall–Kier alpha value is -2.25. The zero-order valence-corrected chi connectivity index (χ0v) is 12.4. The molecular formula is C14H18F3N3O2. The highest BCUT2D eigenvalue weighted by molar-refractivity contribution is 5.87. The molecular weight excluding hydrogens is 299 g/mol. The zero-order valence-electron chi connectivity index (χ0n) is 12.4. The fourth-order valence-corrected chi connectivity index (χ4v) is 1.80. The van der Waals surface area contributed by atoms with Gasteiger partial charge in [-0.2, -0.15) is 13.2 Å². The lowest BCUT2D eigenvalue weighted by molar-refractivity contribution is -0.137. The number of carbonyl (C=O) groups is 2. The summed E-state index contributed by atoms with van der Waals surface area (Å²) in [6.45, 7) is 4.68. The summed E-state index contributed by atoms with van der Waals surface area (Å²) in [6.07, 6.45) is -4.54. The highest BCUT2D eigenvalue weighted by Gasteiger charge is 2.33. The Bertz CT molecular complexity index is 544. The van der Waals surface area contributed by atoms with Crippen LogP contribution in [0.1, 0.15) is 26.3 Å². The van der Waals surface area contributed by atoms with E-state index >= 15 is 0 Å². The predicted molar refractivity (Wildman–Crippen MR) is 75.7 cm³/mol. The fourth-order valence-electron chi connectivity index (χ4n) is 1.80. The van der Waals surface area contributed by atoms with Gasteiger partial charge in [-0.3, -0.25) is 20.4 Å². The number of anilines is 1. The standard InChI is InChI=1S/C14H18F3N3O2/c1-8(2)12(18-9(3)21)13(22)20-19-11-7-5-4-6-10(11)14(15,16)17/h4-8,12,19H,1-3H3,(H,18,21)(H,20,22). The van der Waals surface area contributed by atoms with E-state index in [9.17, 15) is 22.8 Å². The van der Waals surface area contributed by atoms with Crippen molar-refractivity contribution in [3.05, 3.63) is 29.8 Å². The number of benzene rings is 1. The number of para-hydroxylation sites is 1. The van der Waals surface area contributed by atoms with E-state index in [1.54, 1.807) is 13.8 Å². The molecule has 1 aromatic carbocycles. The molecule has 0 aliphatic carbocycles.